The minimum Gasteiger partial charge on any atom is -0.228 e. The first-order chi connectivity index (χ1) is 9.15. The first-order valence-electron chi connectivity index (χ1n) is 6.17. The smallest absolute Gasteiger partial charge is 0.177 e. The van der Waals surface area contributed by atoms with Gasteiger partial charge in [-0.25, -0.2) is 9.67 Å². The van der Waals surface area contributed by atoms with Crippen molar-refractivity contribution >= 4 is 11.6 Å². The molecule has 2 aromatic rings. The van der Waals surface area contributed by atoms with Gasteiger partial charge in [-0.1, -0.05) is 37.6 Å². The van der Waals surface area contributed by atoms with Crippen LogP contribution in [0.5, 0.6) is 0 Å². The zero-order chi connectivity index (χ0) is 13.9. The number of nitrogens with zero attached hydrogens (tertiary/aromatic N) is 4. The lowest BCUT2D eigenvalue weighted by atomic mass is 9.79. The van der Waals surface area contributed by atoms with E-state index in [1.165, 1.54) is 6.33 Å². The second kappa shape index (κ2) is 5.41. The molecule has 4 nitrogen and oxygen atoms in total. The summed E-state index contributed by atoms with van der Waals surface area (Å²) in [5.74, 6) is 0.0976. The van der Waals surface area contributed by atoms with Gasteiger partial charge in [0.25, 0.3) is 0 Å². The van der Waals surface area contributed by atoms with Crippen LogP contribution in [-0.2, 0) is 5.54 Å². The first-order valence-corrected chi connectivity index (χ1v) is 6.55. The van der Waals surface area contributed by atoms with E-state index >= 15 is 0 Å². The molecule has 0 fully saturated rings. The maximum Gasteiger partial charge on any atom is 0.177 e. The van der Waals surface area contributed by atoms with Gasteiger partial charge in [0, 0.05) is 5.02 Å². The molecule has 0 spiro atoms. The van der Waals surface area contributed by atoms with Crippen LogP contribution in [0.1, 0.15) is 25.8 Å². The Morgan fingerprint density at radius 3 is 2.58 bits per heavy atom. The van der Waals surface area contributed by atoms with Crippen LogP contribution in [0, 0.1) is 17.2 Å². The van der Waals surface area contributed by atoms with Gasteiger partial charge < -0.3 is 0 Å². The molecule has 1 aromatic carbocycles. The molecule has 1 aromatic heterocycles. The van der Waals surface area contributed by atoms with E-state index in [1.807, 2.05) is 19.1 Å². The summed E-state index contributed by atoms with van der Waals surface area (Å²) >= 11 is 5.93. The summed E-state index contributed by atoms with van der Waals surface area (Å²) in [6, 6.07) is 9.76. The quantitative estimate of drug-likeness (QED) is 0.860. The van der Waals surface area contributed by atoms with Gasteiger partial charge >= 0.3 is 0 Å². The average molecular weight is 275 g/mol. The summed E-state index contributed by atoms with van der Waals surface area (Å²) < 4.78 is 1.63. The molecule has 5 heteroatoms. The van der Waals surface area contributed by atoms with Crippen molar-refractivity contribution in [2.24, 2.45) is 5.92 Å². The molecule has 0 saturated heterocycles. The van der Waals surface area contributed by atoms with Gasteiger partial charge in [0.05, 0.1) is 6.07 Å². The third-order valence-electron chi connectivity index (χ3n) is 3.56. The molecule has 0 aliphatic heterocycles. The Balaban J connectivity index is 2.63. The molecule has 0 radical (unpaired) electrons. The lowest BCUT2D eigenvalue weighted by Crippen LogP contribution is -2.40. The molecular formula is C14H15ClN4. The number of aromatic nitrogens is 3. The fourth-order valence-electron chi connectivity index (χ4n) is 2.26. The van der Waals surface area contributed by atoms with Crippen LogP contribution in [0.15, 0.2) is 36.9 Å². The van der Waals surface area contributed by atoms with E-state index in [4.69, 9.17) is 11.6 Å². The van der Waals surface area contributed by atoms with Gasteiger partial charge in [-0.15, -0.1) is 0 Å². The normalized spacial score (nSPS) is 15.5. The standard InChI is InChI=1S/C14H15ClN4/c1-3-11(2)14(8-16,19-10-17-9-18-19)12-4-6-13(15)7-5-12/h4-7,9-11H,3H2,1-2H3. The van der Waals surface area contributed by atoms with Crippen molar-refractivity contribution in [2.45, 2.75) is 25.8 Å². The van der Waals surface area contributed by atoms with Crippen molar-refractivity contribution in [1.29, 1.82) is 5.26 Å². The fourth-order valence-corrected chi connectivity index (χ4v) is 2.38. The number of hydrogen-bond acceptors (Lipinski definition) is 3. The highest BCUT2D eigenvalue weighted by atomic mass is 35.5. The highest BCUT2D eigenvalue weighted by Gasteiger charge is 2.40. The van der Waals surface area contributed by atoms with E-state index in [9.17, 15) is 5.26 Å². The van der Waals surface area contributed by atoms with E-state index in [-0.39, 0.29) is 5.92 Å². The van der Waals surface area contributed by atoms with Crippen LogP contribution in [-0.4, -0.2) is 14.8 Å². The number of benzene rings is 1. The fraction of sp³-hybridized carbons (Fsp3) is 0.357. The Morgan fingerprint density at radius 2 is 2.11 bits per heavy atom. The molecule has 19 heavy (non-hydrogen) atoms. The van der Waals surface area contributed by atoms with E-state index < -0.39 is 5.54 Å². The number of rotatable bonds is 4. The summed E-state index contributed by atoms with van der Waals surface area (Å²) in [4.78, 5) is 3.97. The van der Waals surface area contributed by atoms with Gasteiger partial charge in [-0.05, 0) is 30.0 Å². The second-order valence-electron chi connectivity index (χ2n) is 4.53. The highest BCUT2D eigenvalue weighted by molar-refractivity contribution is 6.30. The molecule has 0 aliphatic carbocycles. The van der Waals surface area contributed by atoms with Crippen LogP contribution < -0.4 is 0 Å². The Bertz CT molecular complexity index is 570. The number of nitriles is 1. The monoisotopic (exact) mass is 274 g/mol. The van der Waals surface area contributed by atoms with E-state index in [0.29, 0.717) is 5.02 Å². The van der Waals surface area contributed by atoms with Crippen molar-refractivity contribution in [3.05, 3.63) is 47.5 Å². The van der Waals surface area contributed by atoms with Crippen molar-refractivity contribution in [2.75, 3.05) is 0 Å². The third kappa shape index (κ3) is 2.22. The van der Waals surface area contributed by atoms with E-state index in [1.54, 1.807) is 23.1 Å². The highest BCUT2D eigenvalue weighted by Crippen LogP contribution is 2.35. The molecule has 0 saturated carbocycles. The van der Waals surface area contributed by atoms with Crippen molar-refractivity contribution < 1.29 is 0 Å². The van der Waals surface area contributed by atoms with Gasteiger partial charge in [-0.3, -0.25) is 0 Å². The van der Waals surface area contributed by atoms with Gasteiger partial charge in [0.1, 0.15) is 12.7 Å². The minimum atomic E-state index is -0.851. The summed E-state index contributed by atoms with van der Waals surface area (Å²) in [6.45, 7) is 4.10. The Morgan fingerprint density at radius 1 is 1.42 bits per heavy atom. The van der Waals surface area contributed by atoms with Crippen molar-refractivity contribution in [1.82, 2.24) is 14.8 Å². The molecule has 0 N–H and O–H groups in total. The lowest BCUT2D eigenvalue weighted by Gasteiger charge is -2.32. The molecule has 0 amide bonds. The summed E-state index contributed by atoms with van der Waals surface area (Å²) in [6.07, 6.45) is 3.89. The molecule has 2 atom stereocenters. The largest absolute Gasteiger partial charge is 0.228 e. The first kappa shape index (κ1) is 13.6. The van der Waals surface area contributed by atoms with Gasteiger partial charge in [0.2, 0.25) is 0 Å². The summed E-state index contributed by atoms with van der Waals surface area (Å²) in [5.41, 5.74) is 0.0230. The number of halogens is 1. The van der Waals surface area contributed by atoms with E-state index in [2.05, 4.69) is 23.1 Å². The molecule has 1 heterocycles. The predicted molar refractivity (Wildman–Crippen MR) is 73.6 cm³/mol. The second-order valence-corrected chi connectivity index (χ2v) is 4.97. The third-order valence-corrected chi connectivity index (χ3v) is 3.81. The minimum absolute atomic E-state index is 0.0976. The van der Waals surface area contributed by atoms with E-state index in [0.717, 1.165) is 12.0 Å². The van der Waals surface area contributed by atoms with Crippen LogP contribution in [0.3, 0.4) is 0 Å². The van der Waals surface area contributed by atoms with Crippen LogP contribution in [0.4, 0.5) is 0 Å². The molecule has 0 bridgehead atoms. The zero-order valence-electron chi connectivity index (χ0n) is 10.9. The molecular weight excluding hydrogens is 260 g/mol. The average Bonchev–Trinajstić information content (AvgIpc) is 2.96. The zero-order valence-corrected chi connectivity index (χ0v) is 11.7. The number of hydrogen-bond donors (Lipinski definition) is 0. The van der Waals surface area contributed by atoms with Crippen LogP contribution in [0.25, 0.3) is 0 Å². The predicted octanol–water partition coefficient (Wildman–Crippen LogP) is 3.24. The SMILES string of the molecule is CCC(C)C(C#N)(c1ccc(Cl)cc1)n1cncn1. The van der Waals surface area contributed by atoms with Crippen LogP contribution in [0.2, 0.25) is 5.02 Å². The summed E-state index contributed by atoms with van der Waals surface area (Å²) in [5, 5.41) is 14.6. The molecule has 2 unspecified atom stereocenters. The lowest BCUT2D eigenvalue weighted by molar-refractivity contribution is 0.279. The van der Waals surface area contributed by atoms with Crippen LogP contribution >= 0.6 is 11.6 Å². The Labute approximate surface area is 117 Å². The Kier molecular flexibility index (Phi) is 3.87. The van der Waals surface area contributed by atoms with Crippen molar-refractivity contribution in [3.63, 3.8) is 0 Å². The molecule has 0 aliphatic rings. The topological polar surface area (TPSA) is 54.5 Å². The maximum absolute atomic E-state index is 9.80. The Hall–Kier alpha value is -1.86. The maximum atomic E-state index is 9.80. The summed E-state index contributed by atoms with van der Waals surface area (Å²) in [7, 11) is 0. The van der Waals surface area contributed by atoms with Gasteiger partial charge in [0.15, 0.2) is 5.54 Å². The van der Waals surface area contributed by atoms with Gasteiger partial charge in [-0.2, -0.15) is 10.4 Å². The molecule has 98 valence electrons. The molecule has 2 rings (SSSR count). The van der Waals surface area contributed by atoms with Crippen molar-refractivity contribution in [3.8, 4) is 6.07 Å².